The third kappa shape index (κ3) is 3.55. The lowest BCUT2D eigenvalue weighted by Gasteiger charge is -2.25. The highest BCUT2D eigenvalue weighted by molar-refractivity contribution is 5.69. The summed E-state index contributed by atoms with van der Waals surface area (Å²) in [5, 5.41) is 0. The summed E-state index contributed by atoms with van der Waals surface area (Å²) in [6.07, 6.45) is 6.56. The first-order valence-corrected chi connectivity index (χ1v) is 7.43. The van der Waals surface area contributed by atoms with Crippen LogP contribution in [0.4, 0.5) is 11.4 Å². The highest BCUT2D eigenvalue weighted by Gasteiger charge is 2.18. The summed E-state index contributed by atoms with van der Waals surface area (Å²) in [5.74, 6) is 1.78. The van der Waals surface area contributed by atoms with Crippen LogP contribution in [0.2, 0.25) is 0 Å². The van der Waals surface area contributed by atoms with E-state index in [1.54, 1.807) is 7.11 Å². The van der Waals surface area contributed by atoms with Crippen molar-refractivity contribution in [3.05, 3.63) is 18.2 Å². The van der Waals surface area contributed by atoms with E-state index in [0.717, 1.165) is 36.1 Å². The molecule has 1 saturated heterocycles. The fourth-order valence-corrected chi connectivity index (χ4v) is 3.03. The van der Waals surface area contributed by atoms with Gasteiger partial charge in [-0.1, -0.05) is 19.8 Å². The van der Waals surface area contributed by atoms with Crippen LogP contribution in [-0.2, 0) is 0 Å². The molecule has 19 heavy (non-hydrogen) atoms. The third-order valence-electron chi connectivity index (χ3n) is 4.12. The van der Waals surface area contributed by atoms with Gasteiger partial charge in [-0.2, -0.15) is 0 Å². The van der Waals surface area contributed by atoms with Gasteiger partial charge < -0.3 is 15.4 Å². The lowest BCUT2D eigenvalue weighted by molar-refractivity contribution is 0.415. The zero-order valence-electron chi connectivity index (χ0n) is 12.2. The molecule has 0 spiro atoms. The van der Waals surface area contributed by atoms with Crippen molar-refractivity contribution in [3.63, 3.8) is 0 Å². The molecular weight excluding hydrogens is 236 g/mol. The average molecular weight is 262 g/mol. The van der Waals surface area contributed by atoms with Crippen molar-refractivity contribution in [2.45, 2.75) is 39.0 Å². The number of nitrogens with zero attached hydrogens (tertiary/aromatic N) is 1. The minimum Gasteiger partial charge on any atom is -0.497 e. The standard InChI is InChI=1S/C16H26N2O/c1-3-5-13-6-4-10-18(11-9-13)16-12-14(19-2)7-8-15(16)17/h7-8,12-13H,3-6,9-11,17H2,1-2H3. The molecule has 1 heterocycles. The van der Waals surface area contributed by atoms with E-state index in [4.69, 9.17) is 10.5 Å². The Bertz CT molecular complexity index is 406. The fraction of sp³-hybridized carbons (Fsp3) is 0.625. The summed E-state index contributed by atoms with van der Waals surface area (Å²) < 4.78 is 5.31. The molecule has 1 unspecified atom stereocenters. The van der Waals surface area contributed by atoms with Crippen LogP contribution in [0.25, 0.3) is 0 Å². The summed E-state index contributed by atoms with van der Waals surface area (Å²) >= 11 is 0. The fourth-order valence-electron chi connectivity index (χ4n) is 3.03. The van der Waals surface area contributed by atoms with E-state index < -0.39 is 0 Å². The summed E-state index contributed by atoms with van der Waals surface area (Å²) in [5.41, 5.74) is 8.11. The number of benzene rings is 1. The second-order valence-electron chi connectivity index (χ2n) is 5.50. The Morgan fingerprint density at radius 3 is 2.89 bits per heavy atom. The summed E-state index contributed by atoms with van der Waals surface area (Å²) in [6, 6.07) is 5.94. The summed E-state index contributed by atoms with van der Waals surface area (Å²) in [6.45, 7) is 4.50. The van der Waals surface area contributed by atoms with Crippen molar-refractivity contribution >= 4 is 11.4 Å². The van der Waals surface area contributed by atoms with Crippen molar-refractivity contribution in [2.75, 3.05) is 30.8 Å². The smallest absolute Gasteiger partial charge is 0.121 e. The van der Waals surface area contributed by atoms with E-state index in [1.165, 1.54) is 32.1 Å². The number of hydrogen-bond donors (Lipinski definition) is 1. The van der Waals surface area contributed by atoms with E-state index in [-0.39, 0.29) is 0 Å². The molecular formula is C16H26N2O. The van der Waals surface area contributed by atoms with Crippen LogP contribution >= 0.6 is 0 Å². The van der Waals surface area contributed by atoms with Crippen LogP contribution in [0.1, 0.15) is 39.0 Å². The Labute approximate surface area is 116 Å². The Balaban J connectivity index is 2.09. The molecule has 1 fully saturated rings. The van der Waals surface area contributed by atoms with Gasteiger partial charge in [0.05, 0.1) is 18.5 Å². The number of anilines is 2. The van der Waals surface area contributed by atoms with Crippen LogP contribution in [-0.4, -0.2) is 20.2 Å². The van der Waals surface area contributed by atoms with Gasteiger partial charge in [0.1, 0.15) is 5.75 Å². The second-order valence-corrected chi connectivity index (χ2v) is 5.50. The molecule has 0 saturated carbocycles. The number of ether oxygens (including phenoxy) is 1. The molecule has 0 bridgehead atoms. The topological polar surface area (TPSA) is 38.5 Å². The molecule has 1 aliphatic rings. The molecule has 1 aromatic carbocycles. The molecule has 0 aliphatic carbocycles. The lowest BCUT2D eigenvalue weighted by atomic mass is 9.96. The SMILES string of the molecule is CCCC1CCCN(c2cc(OC)ccc2N)CC1. The molecule has 2 N–H and O–H groups in total. The van der Waals surface area contributed by atoms with Crippen LogP contribution in [0.15, 0.2) is 18.2 Å². The van der Waals surface area contributed by atoms with Crippen LogP contribution in [0.5, 0.6) is 5.75 Å². The van der Waals surface area contributed by atoms with Crippen molar-refractivity contribution in [3.8, 4) is 5.75 Å². The lowest BCUT2D eigenvalue weighted by Crippen LogP contribution is -2.25. The number of nitrogens with two attached hydrogens (primary N) is 1. The predicted molar refractivity (Wildman–Crippen MR) is 81.9 cm³/mol. The van der Waals surface area contributed by atoms with Gasteiger partial charge >= 0.3 is 0 Å². The number of nitrogen functional groups attached to an aromatic ring is 1. The van der Waals surface area contributed by atoms with E-state index in [9.17, 15) is 0 Å². The predicted octanol–water partition coefficient (Wildman–Crippen LogP) is 3.68. The van der Waals surface area contributed by atoms with Crippen molar-refractivity contribution in [1.82, 2.24) is 0 Å². The van der Waals surface area contributed by atoms with E-state index >= 15 is 0 Å². The molecule has 0 aromatic heterocycles. The monoisotopic (exact) mass is 262 g/mol. The summed E-state index contributed by atoms with van der Waals surface area (Å²) in [7, 11) is 1.70. The van der Waals surface area contributed by atoms with Gasteiger partial charge in [-0.25, -0.2) is 0 Å². The Morgan fingerprint density at radius 2 is 2.16 bits per heavy atom. The number of rotatable bonds is 4. The average Bonchev–Trinajstić information content (AvgIpc) is 2.65. The molecule has 1 aromatic rings. The van der Waals surface area contributed by atoms with Crippen molar-refractivity contribution < 1.29 is 4.74 Å². The molecule has 3 heteroatoms. The van der Waals surface area contributed by atoms with Gasteiger partial charge in [0, 0.05) is 19.2 Å². The maximum Gasteiger partial charge on any atom is 0.121 e. The Hall–Kier alpha value is -1.38. The maximum atomic E-state index is 6.12. The quantitative estimate of drug-likeness (QED) is 0.841. The Morgan fingerprint density at radius 1 is 1.32 bits per heavy atom. The molecule has 3 nitrogen and oxygen atoms in total. The van der Waals surface area contributed by atoms with Gasteiger partial charge in [-0.05, 0) is 37.3 Å². The van der Waals surface area contributed by atoms with Crippen molar-refractivity contribution in [2.24, 2.45) is 5.92 Å². The molecule has 1 atom stereocenters. The highest BCUT2D eigenvalue weighted by atomic mass is 16.5. The molecule has 106 valence electrons. The van der Waals surface area contributed by atoms with Crippen LogP contribution < -0.4 is 15.4 Å². The van der Waals surface area contributed by atoms with Gasteiger partial charge in [0.25, 0.3) is 0 Å². The molecule has 0 amide bonds. The number of hydrogen-bond acceptors (Lipinski definition) is 3. The second kappa shape index (κ2) is 6.69. The molecule has 0 radical (unpaired) electrons. The first-order valence-electron chi connectivity index (χ1n) is 7.43. The Kier molecular flexibility index (Phi) is 4.94. The highest BCUT2D eigenvalue weighted by Crippen LogP contribution is 2.31. The zero-order valence-corrected chi connectivity index (χ0v) is 12.2. The van der Waals surface area contributed by atoms with Crippen LogP contribution in [0, 0.1) is 5.92 Å². The van der Waals surface area contributed by atoms with Gasteiger partial charge in [0.2, 0.25) is 0 Å². The minimum absolute atomic E-state index is 0.856. The van der Waals surface area contributed by atoms with E-state index in [1.807, 2.05) is 12.1 Å². The summed E-state index contributed by atoms with van der Waals surface area (Å²) in [4.78, 5) is 2.42. The first kappa shape index (κ1) is 14.0. The maximum absolute atomic E-state index is 6.12. The number of methoxy groups -OCH3 is 1. The van der Waals surface area contributed by atoms with Crippen LogP contribution in [0.3, 0.4) is 0 Å². The zero-order chi connectivity index (χ0) is 13.7. The van der Waals surface area contributed by atoms with Gasteiger partial charge in [-0.15, -0.1) is 0 Å². The van der Waals surface area contributed by atoms with E-state index in [2.05, 4.69) is 17.9 Å². The van der Waals surface area contributed by atoms with E-state index in [0.29, 0.717) is 0 Å². The molecule has 1 aliphatic heterocycles. The normalized spacial score (nSPS) is 20.1. The molecule has 2 rings (SSSR count). The third-order valence-corrected chi connectivity index (χ3v) is 4.12. The largest absolute Gasteiger partial charge is 0.497 e. The minimum atomic E-state index is 0.856. The van der Waals surface area contributed by atoms with Crippen molar-refractivity contribution in [1.29, 1.82) is 0 Å². The first-order chi connectivity index (χ1) is 9.24. The van der Waals surface area contributed by atoms with Gasteiger partial charge in [-0.3, -0.25) is 0 Å². The van der Waals surface area contributed by atoms with Gasteiger partial charge in [0.15, 0.2) is 0 Å².